The normalized spacial score (nSPS) is 11.7. The second kappa shape index (κ2) is 3.55. The quantitative estimate of drug-likeness (QED) is 0.813. The highest BCUT2D eigenvalue weighted by molar-refractivity contribution is 5.38. The van der Waals surface area contributed by atoms with Gasteiger partial charge in [0.1, 0.15) is 5.82 Å². The minimum absolute atomic E-state index is 0.261. The molecule has 0 radical (unpaired) electrons. The van der Waals surface area contributed by atoms with E-state index < -0.39 is 11.7 Å². The van der Waals surface area contributed by atoms with Gasteiger partial charge in [0.15, 0.2) is 0 Å². The fourth-order valence-electron chi connectivity index (χ4n) is 1.31. The standard InChI is InChI=1S/C10H8F3N3/c11-10(12,13)7-2-1-3-8(6-7)16-5-4-9(14)15-16/h1-6H,(H2,14,15). The predicted molar refractivity (Wildman–Crippen MR) is 53.0 cm³/mol. The van der Waals surface area contributed by atoms with Crippen LogP contribution in [0.1, 0.15) is 5.56 Å². The Morgan fingerprint density at radius 3 is 2.50 bits per heavy atom. The summed E-state index contributed by atoms with van der Waals surface area (Å²) in [7, 11) is 0. The molecule has 0 aliphatic rings. The maximum atomic E-state index is 12.4. The van der Waals surface area contributed by atoms with Crippen molar-refractivity contribution in [1.29, 1.82) is 0 Å². The van der Waals surface area contributed by atoms with Gasteiger partial charge >= 0.3 is 6.18 Å². The molecule has 6 heteroatoms. The van der Waals surface area contributed by atoms with Crippen molar-refractivity contribution in [2.24, 2.45) is 0 Å². The molecule has 0 saturated carbocycles. The summed E-state index contributed by atoms with van der Waals surface area (Å²) in [4.78, 5) is 0. The number of hydrogen-bond donors (Lipinski definition) is 1. The van der Waals surface area contributed by atoms with Gasteiger partial charge in [-0.1, -0.05) is 6.07 Å². The molecule has 16 heavy (non-hydrogen) atoms. The molecule has 0 aliphatic heterocycles. The zero-order valence-corrected chi connectivity index (χ0v) is 8.07. The Bertz CT molecular complexity index is 502. The van der Waals surface area contributed by atoms with Gasteiger partial charge in [0.2, 0.25) is 0 Å². The van der Waals surface area contributed by atoms with Crippen LogP contribution in [-0.2, 0) is 6.18 Å². The van der Waals surface area contributed by atoms with Gasteiger partial charge in [-0.2, -0.15) is 18.3 Å². The molecule has 0 spiro atoms. The van der Waals surface area contributed by atoms with Crippen LogP contribution in [0.3, 0.4) is 0 Å². The zero-order valence-electron chi connectivity index (χ0n) is 8.07. The third kappa shape index (κ3) is 2.00. The summed E-state index contributed by atoms with van der Waals surface area (Å²) in [5.41, 5.74) is 5.00. The summed E-state index contributed by atoms with van der Waals surface area (Å²) >= 11 is 0. The van der Waals surface area contributed by atoms with Crippen LogP contribution in [0.25, 0.3) is 5.69 Å². The van der Waals surface area contributed by atoms with Crippen molar-refractivity contribution in [3.8, 4) is 5.69 Å². The van der Waals surface area contributed by atoms with E-state index >= 15 is 0 Å². The van der Waals surface area contributed by atoms with E-state index in [1.807, 2.05) is 0 Å². The molecule has 0 fully saturated rings. The second-order valence-electron chi connectivity index (χ2n) is 3.23. The van der Waals surface area contributed by atoms with Crippen LogP contribution in [0.2, 0.25) is 0 Å². The molecule has 1 aromatic carbocycles. The highest BCUT2D eigenvalue weighted by Gasteiger charge is 2.30. The molecule has 0 unspecified atom stereocenters. The molecule has 0 amide bonds. The number of halogens is 3. The minimum atomic E-state index is -4.35. The topological polar surface area (TPSA) is 43.8 Å². The molecule has 84 valence electrons. The van der Waals surface area contributed by atoms with Crippen LogP contribution in [0.4, 0.5) is 19.0 Å². The van der Waals surface area contributed by atoms with Gasteiger partial charge in [-0.05, 0) is 18.2 Å². The molecule has 1 heterocycles. The maximum Gasteiger partial charge on any atom is 0.416 e. The van der Waals surface area contributed by atoms with Crippen LogP contribution in [0, 0.1) is 0 Å². The van der Waals surface area contributed by atoms with Gasteiger partial charge in [-0.15, -0.1) is 0 Å². The number of nitrogens with two attached hydrogens (primary N) is 1. The van der Waals surface area contributed by atoms with E-state index in [1.54, 1.807) is 0 Å². The van der Waals surface area contributed by atoms with Crippen molar-refractivity contribution in [1.82, 2.24) is 9.78 Å². The molecule has 2 N–H and O–H groups in total. The first-order chi connectivity index (χ1) is 7.47. The van der Waals surface area contributed by atoms with E-state index in [0.717, 1.165) is 12.1 Å². The minimum Gasteiger partial charge on any atom is -0.382 e. The fraction of sp³-hybridized carbons (Fsp3) is 0.100. The van der Waals surface area contributed by atoms with Crippen LogP contribution in [0.15, 0.2) is 36.5 Å². The summed E-state index contributed by atoms with van der Waals surface area (Å²) in [6, 6.07) is 6.40. The van der Waals surface area contributed by atoms with E-state index in [1.165, 1.54) is 29.1 Å². The van der Waals surface area contributed by atoms with Gasteiger partial charge in [0.25, 0.3) is 0 Å². The van der Waals surface area contributed by atoms with Crippen LogP contribution in [-0.4, -0.2) is 9.78 Å². The van der Waals surface area contributed by atoms with Crippen molar-refractivity contribution in [2.75, 3.05) is 5.73 Å². The SMILES string of the molecule is Nc1ccn(-c2cccc(C(F)(F)F)c2)n1. The van der Waals surface area contributed by atoms with E-state index in [4.69, 9.17) is 5.73 Å². The second-order valence-corrected chi connectivity index (χ2v) is 3.23. The Morgan fingerprint density at radius 1 is 1.19 bits per heavy atom. The first kappa shape index (κ1) is 10.5. The number of nitrogen functional groups attached to an aromatic ring is 1. The summed E-state index contributed by atoms with van der Waals surface area (Å²) in [5, 5.41) is 3.83. The van der Waals surface area contributed by atoms with E-state index in [-0.39, 0.29) is 5.82 Å². The molecule has 1 aromatic heterocycles. The Labute approximate surface area is 89.3 Å². The molecular weight excluding hydrogens is 219 g/mol. The Balaban J connectivity index is 2.44. The average Bonchev–Trinajstić information content (AvgIpc) is 2.64. The molecule has 3 nitrogen and oxygen atoms in total. The number of benzene rings is 1. The number of nitrogens with zero attached hydrogens (tertiary/aromatic N) is 2. The lowest BCUT2D eigenvalue weighted by Crippen LogP contribution is -2.06. The summed E-state index contributed by atoms with van der Waals surface area (Å²) in [6.07, 6.45) is -2.85. The molecule has 2 aromatic rings. The molecule has 0 bridgehead atoms. The van der Waals surface area contributed by atoms with Crippen LogP contribution < -0.4 is 5.73 Å². The third-order valence-electron chi connectivity index (χ3n) is 2.05. The molecule has 0 saturated heterocycles. The smallest absolute Gasteiger partial charge is 0.382 e. The number of hydrogen-bond acceptors (Lipinski definition) is 2. The summed E-state index contributed by atoms with van der Waals surface area (Å²) in [6.45, 7) is 0. The van der Waals surface area contributed by atoms with Gasteiger partial charge in [0, 0.05) is 12.3 Å². The van der Waals surface area contributed by atoms with Gasteiger partial charge in [0.05, 0.1) is 11.3 Å². The van der Waals surface area contributed by atoms with Gasteiger partial charge in [-0.25, -0.2) is 4.68 Å². The fourth-order valence-corrected chi connectivity index (χ4v) is 1.31. The number of anilines is 1. The monoisotopic (exact) mass is 227 g/mol. The van der Waals surface area contributed by atoms with Crippen molar-refractivity contribution in [2.45, 2.75) is 6.18 Å². The lowest BCUT2D eigenvalue weighted by atomic mass is 10.2. The first-order valence-electron chi connectivity index (χ1n) is 4.45. The maximum absolute atomic E-state index is 12.4. The van der Waals surface area contributed by atoms with Crippen LogP contribution in [0.5, 0.6) is 0 Å². The highest BCUT2D eigenvalue weighted by Crippen LogP contribution is 2.30. The number of alkyl halides is 3. The van der Waals surface area contributed by atoms with Gasteiger partial charge < -0.3 is 5.73 Å². The lowest BCUT2D eigenvalue weighted by molar-refractivity contribution is -0.137. The highest BCUT2D eigenvalue weighted by atomic mass is 19.4. The lowest BCUT2D eigenvalue weighted by Gasteiger charge is -2.08. The largest absolute Gasteiger partial charge is 0.416 e. The summed E-state index contributed by atoms with van der Waals surface area (Å²) < 4.78 is 38.6. The van der Waals surface area contributed by atoms with Gasteiger partial charge in [-0.3, -0.25) is 0 Å². The van der Waals surface area contributed by atoms with Crippen molar-refractivity contribution < 1.29 is 13.2 Å². The predicted octanol–water partition coefficient (Wildman–Crippen LogP) is 2.47. The zero-order chi connectivity index (χ0) is 11.8. The Morgan fingerprint density at radius 2 is 1.94 bits per heavy atom. The van der Waals surface area contributed by atoms with Crippen LogP contribution >= 0.6 is 0 Å². The van der Waals surface area contributed by atoms with Crippen molar-refractivity contribution in [3.63, 3.8) is 0 Å². The molecule has 0 aliphatic carbocycles. The molecule has 0 atom stereocenters. The van der Waals surface area contributed by atoms with E-state index in [2.05, 4.69) is 5.10 Å². The molecular formula is C10H8F3N3. The number of aromatic nitrogens is 2. The number of rotatable bonds is 1. The first-order valence-corrected chi connectivity index (χ1v) is 4.45. The average molecular weight is 227 g/mol. The van der Waals surface area contributed by atoms with Crippen molar-refractivity contribution >= 4 is 5.82 Å². The molecule has 2 rings (SSSR count). The third-order valence-corrected chi connectivity index (χ3v) is 2.05. The Kier molecular flexibility index (Phi) is 2.34. The van der Waals surface area contributed by atoms with E-state index in [9.17, 15) is 13.2 Å². The van der Waals surface area contributed by atoms with Crippen molar-refractivity contribution in [3.05, 3.63) is 42.1 Å². The summed E-state index contributed by atoms with van der Waals surface area (Å²) in [5.74, 6) is 0.261. The van der Waals surface area contributed by atoms with E-state index in [0.29, 0.717) is 5.69 Å². The Hall–Kier alpha value is -1.98.